The number of hydrogen-bond acceptors (Lipinski definition) is 4. The van der Waals surface area contributed by atoms with Gasteiger partial charge in [0.25, 0.3) is 0 Å². The van der Waals surface area contributed by atoms with Crippen LogP contribution in [0.4, 0.5) is 5.69 Å². The van der Waals surface area contributed by atoms with Gasteiger partial charge in [0.05, 0.1) is 0 Å². The van der Waals surface area contributed by atoms with Crippen molar-refractivity contribution in [1.29, 1.82) is 0 Å². The third kappa shape index (κ3) is 1.89. The van der Waals surface area contributed by atoms with E-state index in [2.05, 4.69) is 10.5 Å². The van der Waals surface area contributed by atoms with Gasteiger partial charge in [-0.15, -0.1) is 0 Å². The van der Waals surface area contributed by atoms with Crippen LogP contribution in [0.3, 0.4) is 0 Å². The average molecular weight is 231 g/mol. The lowest BCUT2D eigenvalue weighted by molar-refractivity contribution is -0.0219. The van der Waals surface area contributed by atoms with Crippen LogP contribution in [0.2, 0.25) is 0 Å². The Kier molecular flexibility index (Phi) is 2.52. The van der Waals surface area contributed by atoms with Gasteiger partial charge in [-0.25, -0.2) is 15.3 Å². The zero-order valence-corrected chi connectivity index (χ0v) is 9.94. The molecule has 3 N–H and O–H groups in total. The molecule has 2 aliphatic rings. The first-order valence-corrected chi connectivity index (χ1v) is 6.10. The Labute approximate surface area is 101 Å². The molecule has 1 aromatic rings. The second kappa shape index (κ2) is 4.04. The summed E-state index contributed by atoms with van der Waals surface area (Å²) in [5.74, 6) is 1.39. The molecule has 0 bridgehead atoms. The van der Waals surface area contributed by atoms with E-state index >= 15 is 0 Å². The van der Waals surface area contributed by atoms with Gasteiger partial charge in [-0.05, 0) is 31.4 Å². The summed E-state index contributed by atoms with van der Waals surface area (Å²) < 4.78 is 0. The number of benzene rings is 1. The normalized spacial score (nSPS) is 24.1. The molecule has 1 atom stereocenters. The van der Waals surface area contributed by atoms with E-state index in [0.29, 0.717) is 5.92 Å². The number of amidine groups is 1. The smallest absolute Gasteiger partial charge is 0.180 e. The lowest BCUT2D eigenvalue weighted by atomic mass is 9.84. The molecule has 1 aliphatic heterocycles. The van der Waals surface area contributed by atoms with Crippen LogP contribution in [0.5, 0.6) is 0 Å². The van der Waals surface area contributed by atoms with E-state index in [-0.39, 0.29) is 6.23 Å². The van der Waals surface area contributed by atoms with Crippen molar-refractivity contribution in [2.75, 3.05) is 5.73 Å². The first kappa shape index (κ1) is 10.6. The maximum atomic E-state index is 5.90. The summed E-state index contributed by atoms with van der Waals surface area (Å²) in [6.07, 6.45) is 3.73. The van der Waals surface area contributed by atoms with Gasteiger partial charge in [-0.3, -0.25) is 0 Å². The van der Waals surface area contributed by atoms with Crippen molar-refractivity contribution < 1.29 is 4.84 Å². The molecule has 1 aliphatic carbocycles. The number of nitrogens with two attached hydrogens (primary N) is 1. The minimum absolute atomic E-state index is 0.0127. The van der Waals surface area contributed by atoms with Gasteiger partial charge in [-0.1, -0.05) is 18.6 Å². The minimum Gasteiger partial charge on any atom is -0.398 e. The van der Waals surface area contributed by atoms with Gasteiger partial charge >= 0.3 is 0 Å². The van der Waals surface area contributed by atoms with E-state index in [0.717, 1.165) is 22.6 Å². The van der Waals surface area contributed by atoms with Gasteiger partial charge in [0.1, 0.15) is 0 Å². The van der Waals surface area contributed by atoms with Crippen molar-refractivity contribution >= 4 is 11.5 Å². The second-order valence-electron chi connectivity index (χ2n) is 4.85. The van der Waals surface area contributed by atoms with E-state index in [9.17, 15) is 0 Å². The highest BCUT2D eigenvalue weighted by Gasteiger charge is 2.32. The van der Waals surface area contributed by atoms with Gasteiger partial charge in [0.15, 0.2) is 12.1 Å². The van der Waals surface area contributed by atoms with Crippen LogP contribution in [0.25, 0.3) is 0 Å². The number of anilines is 1. The number of rotatable bonds is 2. The molecule has 17 heavy (non-hydrogen) atoms. The zero-order chi connectivity index (χ0) is 11.8. The van der Waals surface area contributed by atoms with Crippen LogP contribution in [-0.2, 0) is 4.84 Å². The lowest BCUT2D eigenvalue weighted by Crippen LogP contribution is -2.27. The minimum atomic E-state index is -0.0127. The van der Waals surface area contributed by atoms with Crippen LogP contribution in [-0.4, -0.2) is 12.1 Å². The quantitative estimate of drug-likeness (QED) is 0.765. The van der Waals surface area contributed by atoms with Crippen LogP contribution in [0, 0.1) is 12.8 Å². The van der Waals surface area contributed by atoms with E-state index in [1.54, 1.807) is 0 Å². The fraction of sp³-hybridized carbons (Fsp3) is 0.462. The highest BCUT2D eigenvalue weighted by molar-refractivity contribution is 5.99. The van der Waals surface area contributed by atoms with Crippen molar-refractivity contribution in [2.45, 2.75) is 32.4 Å². The molecule has 1 heterocycles. The number of hydrogen-bond donors (Lipinski definition) is 2. The Morgan fingerprint density at radius 2 is 2.24 bits per heavy atom. The van der Waals surface area contributed by atoms with Crippen LogP contribution >= 0.6 is 0 Å². The van der Waals surface area contributed by atoms with Crippen molar-refractivity contribution in [1.82, 2.24) is 5.48 Å². The fourth-order valence-electron chi connectivity index (χ4n) is 2.14. The van der Waals surface area contributed by atoms with E-state index < -0.39 is 0 Å². The van der Waals surface area contributed by atoms with Gasteiger partial charge in [0.2, 0.25) is 0 Å². The monoisotopic (exact) mass is 231 g/mol. The third-order valence-electron chi connectivity index (χ3n) is 3.64. The number of nitrogen functional groups attached to an aromatic ring is 1. The zero-order valence-electron chi connectivity index (χ0n) is 9.94. The van der Waals surface area contributed by atoms with Crippen molar-refractivity contribution in [3.05, 3.63) is 29.3 Å². The average Bonchev–Trinajstić information content (AvgIpc) is 2.69. The first-order chi connectivity index (χ1) is 8.24. The predicted octanol–water partition coefficient (Wildman–Crippen LogP) is 1.98. The predicted molar refractivity (Wildman–Crippen MR) is 67.5 cm³/mol. The van der Waals surface area contributed by atoms with Gasteiger partial charge in [0, 0.05) is 17.2 Å². The Hall–Kier alpha value is -1.55. The number of aliphatic imine (C=N–C) groups is 1. The molecular formula is C13H17N3O. The Balaban J connectivity index is 1.81. The van der Waals surface area contributed by atoms with Crippen LogP contribution < -0.4 is 11.2 Å². The molecule has 4 heteroatoms. The van der Waals surface area contributed by atoms with Crippen molar-refractivity contribution in [3.8, 4) is 0 Å². The lowest BCUT2D eigenvalue weighted by Gasteiger charge is -2.27. The van der Waals surface area contributed by atoms with E-state index in [1.807, 2.05) is 25.1 Å². The molecule has 4 nitrogen and oxygen atoms in total. The summed E-state index contributed by atoms with van der Waals surface area (Å²) in [5, 5.41) is 0. The molecule has 0 aromatic heterocycles. The second-order valence-corrected chi connectivity index (χ2v) is 4.85. The van der Waals surface area contributed by atoms with Gasteiger partial charge in [-0.2, -0.15) is 0 Å². The van der Waals surface area contributed by atoms with E-state index in [4.69, 9.17) is 10.6 Å². The summed E-state index contributed by atoms with van der Waals surface area (Å²) in [6.45, 7) is 2.00. The summed E-state index contributed by atoms with van der Waals surface area (Å²) >= 11 is 0. The molecule has 1 saturated carbocycles. The molecule has 90 valence electrons. The summed E-state index contributed by atoms with van der Waals surface area (Å²) in [6, 6.07) is 5.96. The molecule has 1 unspecified atom stereocenters. The number of nitrogens with zero attached hydrogens (tertiary/aromatic N) is 1. The maximum absolute atomic E-state index is 5.90. The molecule has 0 radical (unpaired) electrons. The first-order valence-electron chi connectivity index (χ1n) is 6.10. The largest absolute Gasteiger partial charge is 0.398 e. The van der Waals surface area contributed by atoms with Gasteiger partial charge < -0.3 is 5.73 Å². The van der Waals surface area contributed by atoms with Crippen LogP contribution in [0.15, 0.2) is 23.2 Å². The number of hydroxylamine groups is 1. The third-order valence-corrected chi connectivity index (χ3v) is 3.64. The Bertz CT molecular complexity index is 466. The molecule has 1 aromatic carbocycles. The summed E-state index contributed by atoms with van der Waals surface area (Å²) in [7, 11) is 0. The summed E-state index contributed by atoms with van der Waals surface area (Å²) in [5.41, 5.74) is 11.7. The fourth-order valence-corrected chi connectivity index (χ4v) is 2.14. The number of aryl methyl sites for hydroxylation is 1. The standard InChI is InChI=1S/C13H17N3O/c1-8-5-6-10(7-11(8)14)12-15-13(17-16-12)9-3-2-4-9/h5-7,9,13H,2-4,14H2,1H3,(H,15,16). The maximum Gasteiger partial charge on any atom is 0.180 e. The van der Waals surface area contributed by atoms with Crippen LogP contribution in [0.1, 0.15) is 30.4 Å². The molecule has 3 rings (SSSR count). The highest BCUT2D eigenvalue weighted by atomic mass is 16.7. The van der Waals surface area contributed by atoms with Crippen molar-refractivity contribution in [2.24, 2.45) is 10.9 Å². The Morgan fingerprint density at radius 3 is 2.88 bits per heavy atom. The molecular weight excluding hydrogens is 214 g/mol. The van der Waals surface area contributed by atoms with E-state index in [1.165, 1.54) is 19.3 Å². The highest BCUT2D eigenvalue weighted by Crippen LogP contribution is 2.33. The summed E-state index contributed by atoms with van der Waals surface area (Å²) in [4.78, 5) is 10.1. The molecule has 0 spiro atoms. The van der Waals surface area contributed by atoms with Crippen molar-refractivity contribution in [3.63, 3.8) is 0 Å². The molecule has 1 fully saturated rings. The number of nitrogens with one attached hydrogen (secondary N) is 1. The molecule has 0 saturated heterocycles. The Morgan fingerprint density at radius 1 is 1.41 bits per heavy atom. The topological polar surface area (TPSA) is 59.6 Å². The molecule has 0 amide bonds. The SMILES string of the molecule is Cc1ccc(C2=NC(C3CCC3)ON2)cc1N.